The fourth-order valence-corrected chi connectivity index (χ4v) is 3.24. The van der Waals surface area contributed by atoms with Gasteiger partial charge in [-0.1, -0.05) is 6.07 Å². The standard InChI is InChI=1S/C18H25N3O4/c1-24-15-4-2-3-14(13-15)21-7-5-16(18(21)23)17(22)19-6-8-20-9-11-25-12-10-20/h2-4,13,16H,5-12H2,1H3,(H,19,22). The van der Waals surface area contributed by atoms with Gasteiger partial charge in [0.2, 0.25) is 11.8 Å². The first-order chi connectivity index (χ1) is 12.2. The van der Waals surface area contributed by atoms with E-state index in [-0.39, 0.29) is 11.8 Å². The van der Waals surface area contributed by atoms with Gasteiger partial charge in [-0.2, -0.15) is 0 Å². The van der Waals surface area contributed by atoms with Crippen molar-refractivity contribution in [3.05, 3.63) is 24.3 Å². The highest BCUT2D eigenvalue weighted by Crippen LogP contribution is 2.28. The zero-order chi connectivity index (χ0) is 17.6. The Balaban J connectivity index is 1.51. The SMILES string of the molecule is COc1cccc(N2CCC(C(=O)NCCN3CCOCC3)C2=O)c1. The zero-order valence-corrected chi connectivity index (χ0v) is 14.6. The summed E-state index contributed by atoms with van der Waals surface area (Å²) in [4.78, 5) is 28.9. The molecule has 1 atom stereocenters. The Morgan fingerprint density at radius 1 is 1.32 bits per heavy atom. The predicted molar refractivity (Wildman–Crippen MR) is 93.7 cm³/mol. The van der Waals surface area contributed by atoms with Crippen molar-refractivity contribution in [2.24, 2.45) is 5.92 Å². The largest absolute Gasteiger partial charge is 0.497 e. The average molecular weight is 347 g/mol. The Morgan fingerprint density at radius 2 is 2.12 bits per heavy atom. The summed E-state index contributed by atoms with van der Waals surface area (Å²) in [5.74, 6) is -0.222. The van der Waals surface area contributed by atoms with Crippen LogP contribution in [0.4, 0.5) is 5.69 Å². The molecule has 2 heterocycles. The van der Waals surface area contributed by atoms with Gasteiger partial charge >= 0.3 is 0 Å². The minimum Gasteiger partial charge on any atom is -0.497 e. The highest BCUT2D eigenvalue weighted by Gasteiger charge is 2.37. The monoisotopic (exact) mass is 347 g/mol. The molecular weight excluding hydrogens is 322 g/mol. The first-order valence-corrected chi connectivity index (χ1v) is 8.72. The van der Waals surface area contributed by atoms with Gasteiger partial charge in [0.15, 0.2) is 0 Å². The van der Waals surface area contributed by atoms with Crippen LogP contribution in [0.1, 0.15) is 6.42 Å². The molecule has 0 saturated carbocycles. The first kappa shape index (κ1) is 17.7. The molecule has 136 valence electrons. The van der Waals surface area contributed by atoms with E-state index in [1.165, 1.54) is 0 Å². The maximum Gasteiger partial charge on any atom is 0.239 e. The Labute approximate surface area is 147 Å². The van der Waals surface area contributed by atoms with Gasteiger partial charge in [-0.15, -0.1) is 0 Å². The number of ether oxygens (including phenoxy) is 2. The predicted octanol–water partition coefficient (Wildman–Crippen LogP) is 0.497. The molecule has 0 radical (unpaired) electrons. The Kier molecular flexibility index (Phi) is 5.88. The summed E-state index contributed by atoms with van der Waals surface area (Å²) in [6.45, 7) is 5.16. The number of rotatable bonds is 6. The molecule has 0 spiro atoms. The number of hydrogen-bond donors (Lipinski definition) is 1. The smallest absolute Gasteiger partial charge is 0.239 e. The van der Waals surface area contributed by atoms with Gasteiger partial charge in [0.1, 0.15) is 11.7 Å². The number of amides is 2. The van der Waals surface area contributed by atoms with Gasteiger partial charge in [-0.25, -0.2) is 0 Å². The molecule has 0 aromatic heterocycles. The fourth-order valence-electron chi connectivity index (χ4n) is 3.24. The van der Waals surface area contributed by atoms with Crippen molar-refractivity contribution < 1.29 is 19.1 Å². The number of methoxy groups -OCH3 is 1. The first-order valence-electron chi connectivity index (χ1n) is 8.72. The minimum absolute atomic E-state index is 0.142. The van der Waals surface area contributed by atoms with E-state index >= 15 is 0 Å². The van der Waals surface area contributed by atoms with Gasteiger partial charge in [-0.05, 0) is 18.6 Å². The summed E-state index contributed by atoms with van der Waals surface area (Å²) in [7, 11) is 1.59. The van der Waals surface area contributed by atoms with Crippen LogP contribution < -0.4 is 15.0 Å². The number of anilines is 1. The lowest BCUT2D eigenvalue weighted by atomic mass is 10.1. The number of benzene rings is 1. The van der Waals surface area contributed by atoms with Gasteiger partial charge in [0.25, 0.3) is 0 Å². The lowest BCUT2D eigenvalue weighted by molar-refractivity contribution is -0.132. The van der Waals surface area contributed by atoms with Crippen LogP contribution in [-0.2, 0) is 14.3 Å². The summed E-state index contributed by atoms with van der Waals surface area (Å²) in [5, 5.41) is 2.90. The van der Waals surface area contributed by atoms with Crippen molar-refractivity contribution in [1.82, 2.24) is 10.2 Å². The highest BCUT2D eigenvalue weighted by molar-refractivity contribution is 6.09. The number of carbonyl (C=O) groups excluding carboxylic acids is 2. The van der Waals surface area contributed by atoms with Crippen LogP contribution in [-0.4, -0.2) is 69.8 Å². The Morgan fingerprint density at radius 3 is 2.88 bits per heavy atom. The highest BCUT2D eigenvalue weighted by atomic mass is 16.5. The molecule has 2 amide bonds. The summed E-state index contributed by atoms with van der Waals surface area (Å²) in [5.41, 5.74) is 0.771. The second kappa shape index (κ2) is 8.31. The third kappa shape index (κ3) is 4.29. The molecule has 0 aliphatic carbocycles. The van der Waals surface area contributed by atoms with Gasteiger partial charge < -0.3 is 19.7 Å². The van der Waals surface area contributed by atoms with Crippen LogP contribution in [0.5, 0.6) is 5.75 Å². The van der Waals surface area contributed by atoms with Crippen LogP contribution in [0.3, 0.4) is 0 Å². The van der Waals surface area contributed by atoms with Crippen LogP contribution in [0.25, 0.3) is 0 Å². The third-order valence-corrected chi connectivity index (χ3v) is 4.72. The number of carbonyl (C=O) groups is 2. The molecule has 25 heavy (non-hydrogen) atoms. The van der Waals surface area contributed by atoms with Crippen molar-refractivity contribution in [3.63, 3.8) is 0 Å². The van der Waals surface area contributed by atoms with E-state index in [9.17, 15) is 9.59 Å². The molecule has 7 heteroatoms. The van der Waals surface area contributed by atoms with E-state index in [1.54, 1.807) is 12.0 Å². The quantitative estimate of drug-likeness (QED) is 0.759. The molecule has 2 fully saturated rings. The number of hydrogen-bond acceptors (Lipinski definition) is 5. The van der Waals surface area contributed by atoms with Gasteiger partial charge in [-0.3, -0.25) is 14.5 Å². The Bertz CT molecular complexity index is 616. The second-order valence-corrected chi connectivity index (χ2v) is 6.28. The van der Waals surface area contributed by atoms with Crippen LogP contribution in [0.2, 0.25) is 0 Å². The lowest BCUT2D eigenvalue weighted by Crippen LogP contribution is -2.43. The van der Waals surface area contributed by atoms with Crippen molar-refractivity contribution >= 4 is 17.5 Å². The van der Waals surface area contributed by atoms with Crippen molar-refractivity contribution in [2.45, 2.75) is 6.42 Å². The summed E-state index contributed by atoms with van der Waals surface area (Å²) >= 11 is 0. The molecule has 1 aromatic rings. The van der Waals surface area contributed by atoms with Crippen LogP contribution in [0.15, 0.2) is 24.3 Å². The van der Waals surface area contributed by atoms with E-state index in [0.717, 1.165) is 38.5 Å². The van der Waals surface area contributed by atoms with Gasteiger partial charge in [0, 0.05) is 44.5 Å². The van der Waals surface area contributed by atoms with E-state index in [1.807, 2.05) is 24.3 Å². The molecule has 1 aromatic carbocycles. The van der Waals surface area contributed by atoms with Crippen LogP contribution in [0, 0.1) is 5.92 Å². The molecule has 2 saturated heterocycles. The fraction of sp³-hybridized carbons (Fsp3) is 0.556. The molecule has 1 N–H and O–H groups in total. The maximum absolute atomic E-state index is 12.6. The van der Waals surface area contributed by atoms with Crippen molar-refractivity contribution in [1.29, 1.82) is 0 Å². The summed E-state index contributed by atoms with van der Waals surface area (Å²) < 4.78 is 10.5. The van der Waals surface area contributed by atoms with E-state index in [2.05, 4.69) is 10.2 Å². The second-order valence-electron chi connectivity index (χ2n) is 6.28. The maximum atomic E-state index is 12.6. The van der Waals surface area contributed by atoms with E-state index in [0.29, 0.717) is 25.3 Å². The summed E-state index contributed by atoms with van der Waals surface area (Å²) in [6, 6.07) is 7.35. The topological polar surface area (TPSA) is 71.1 Å². The summed E-state index contributed by atoms with van der Waals surface area (Å²) in [6.07, 6.45) is 0.541. The molecule has 3 rings (SSSR count). The van der Waals surface area contributed by atoms with E-state index < -0.39 is 5.92 Å². The van der Waals surface area contributed by atoms with Crippen LogP contribution >= 0.6 is 0 Å². The van der Waals surface area contributed by atoms with Crippen molar-refractivity contribution in [2.75, 3.05) is 57.9 Å². The lowest BCUT2D eigenvalue weighted by Gasteiger charge is -2.26. The zero-order valence-electron chi connectivity index (χ0n) is 14.6. The molecular formula is C18H25N3O4. The van der Waals surface area contributed by atoms with Crippen molar-refractivity contribution in [3.8, 4) is 5.75 Å². The average Bonchev–Trinajstić information content (AvgIpc) is 3.04. The number of nitrogens with one attached hydrogen (secondary N) is 1. The molecule has 2 aliphatic heterocycles. The minimum atomic E-state index is -0.601. The third-order valence-electron chi connectivity index (χ3n) is 4.72. The van der Waals surface area contributed by atoms with E-state index in [4.69, 9.17) is 9.47 Å². The Hall–Kier alpha value is -2.12. The normalized spacial score (nSPS) is 21.4. The number of nitrogens with zero attached hydrogens (tertiary/aromatic N) is 2. The molecule has 7 nitrogen and oxygen atoms in total. The molecule has 2 aliphatic rings. The molecule has 1 unspecified atom stereocenters. The van der Waals surface area contributed by atoms with Gasteiger partial charge in [0.05, 0.1) is 20.3 Å². The molecule has 0 bridgehead atoms. The number of morpholine rings is 1.